The van der Waals surface area contributed by atoms with Crippen molar-refractivity contribution in [2.75, 3.05) is 0 Å². The van der Waals surface area contributed by atoms with Crippen LogP contribution in [0, 0.1) is 0 Å². The average molecular weight is 819 g/mol. The largest absolute Gasteiger partial charge is 0.277 e. The summed E-state index contributed by atoms with van der Waals surface area (Å²) in [5, 5.41) is 2.36. The third-order valence-electron chi connectivity index (χ3n) is 13.1. The Hall–Kier alpha value is -8.21. The second-order valence-electron chi connectivity index (χ2n) is 17.2. The smallest absolute Gasteiger partial charge is 0.238 e. The second-order valence-corrected chi connectivity index (χ2v) is 17.2. The summed E-state index contributed by atoms with van der Waals surface area (Å²) in [6.07, 6.45) is 0. The number of rotatable bonds is 7. The lowest BCUT2D eigenvalue weighted by Gasteiger charge is -2.23. The number of benzene rings is 9. The van der Waals surface area contributed by atoms with Crippen molar-refractivity contribution in [3.63, 3.8) is 0 Å². The van der Waals surface area contributed by atoms with Crippen molar-refractivity contribution in [3.05, 3.63) is 230 Å². The summed E-state index contributed by atoms with van der Waals surface area (Å²) in [6, 6.07) is 77.8. The minimum Gasteiger partial charge on any atom is -0.277 e. The molecule has 2 aromatic heterocycles. The molecule has 0 spiro atoms. The molecule has 4 nitrogen and oxygen atoms in total. The number of aromatic nitrogens is 4. The molecule has 1 aliphatic rings. The number of nitrogens with zero attached hydrogens (tertiary/aromatic N) is 4. The molecular formula is C60H42N4. The molecule has 0 bridgehead atoms. The molecule has 0 saturated heterocycles. The standard InChI is InChI=1S/C60H42N4/c1-60(2)53-22-11-9-20-49(53)51-36-37-52-50-21-10-12-23-54(50)64(56(52)55(51)60)59-62-57(45-16-7-4-8-17-45)61-58(63-59)46-34-32-42(33-35-46)41-26-30-44(31-27-41)48-19-13-18-47(38-48)43-28-24-40(25-29-43)39-14-5-3-6-15-39/h3-38H,1-2H3. The third kappa shape index (κ3) is 6.26. The minimum atomic E-state index is -0.232. The zero-order chi connectivity index (χ0) is 42.8. The van der Waals surface area contributed by atoms with E-state index in [1.807, 2.05) is 18.2 Å². The first-order valence-corrected chi connectivity index (χ1v) is 21.9. The number of fused-ring (bicyclic) bond motifs is 7. The SMILES string of the molecule is CC1(C)c2ccccc2-c2ccc3c4ccccc4n(-c4nc(-c5ccccc5)nc(-c5ccc(-c6ccc(-c7cccc(-c8ccc(-c9ccccc9)cc8)c7)cc6)cc5)n4)c3c21. The minimum absolute atomic E-state index is 0.232. The van der Waals surface area contributed by atoms with Crippen LogP contribution >= 0.6 is 0 Å². The first-order chi connectivity index (χ1) is 31.5. The molecule has 0 saturated carbocycles. The van der Waals surface area contributed by atoms with E-state index in [2.05, 4.69) is 219 Å². The predicted molar refractivity (Wildman–Crippen MR) is 264 cm³/mol. The maximum absolute atomic E-state index is 5.33. The molecule has 0 fully saturated rings. The molecule has 0 amide bonds. The maximum Gasteiger partial charge on any atom is 0.238 e. The maximum atomic E-state index is 5.33. The van der Waals surface area contributed by atoms with E-state index >= 15 is 0 Å². The lowest BCUT2D eigenvalue weighted by atomic mass is 9.81. The molecule has 0 aliphatic heterocycles. The first-order valence-electron chi connectivity index (χ1n) is 21.9. The molecule has 0 N–H and O–H groups in total. The van der Waals surface area contributed by atoms with Crippen molar-refractivity contribution in [2.45, 2.75) is 19.3 Å². The van der Waals surface area contributed by atoms with Gasteiger partial charge in [0, 0.05) is 27.3 Å². The summed E-state index contributed by atoms with van der Waals surface area (Å²) in [6.45, 7) is 4.68. The zero-order valence-electron chi connectivity index (χ0n) is 35.6. The Morgan fingerprint density at radius 1 is 0.344 bits per heavy atom. The Bertz CT molecular complexity index is 3530. The van der Waals surface area contributed by atoms with Gasteiger partial charge < -0.3 is 0 Å². The zero-order valence-corrected chi connectivity index (χ0v) is 35.6. The number of hydrogen-bond donors (Lipinski definition) is 0. The lowest BCUT2D eigenvalue weighted by molar-refractivity contribution is 0.663. The van der Waals surface area contributed by atoms with Crippen LogP contribution in [0.3, 0.4) is 0 Å². The van der Waals surface area contributed by atoms with Gasteiger partial charge >= 0.3 is 0 Å². The van der Waals surface area contributed by atoms with E-state index in [4.69, 9.17) is 15.0 Å². The molecule has 64 heavy (non-hydrogen) atoms. The van der Waals surface area contributed by atoms with Crippen LogP contribution in [-0.2, 0) is 5.41 Å². The highest BCUT2D eigenvalue weighted by atomic mass is 15.2. The molecule has 0 atom stereocenters. The fourth-order valence-corrected chi connectivity index (χ4v) is 9.86. The van der Waals surface area contributed by atoms with Crippen molar-refractivity contribution in [1.29, 1.82) is 0 Å². The average Bonchev–Trinajstić information content (AvgIpc) is 3.82. The van der Waals surface area contributed by atoms with E-state index in [0.29, 0.717) is 17.6 Å². The van der Waals surface area contributed by atoms with Crippen LogP contribution < -0.4 is 0 Å². The van der Waals surface area contributed by atoms with E-state index in [0.717, 1.165) is 33.3 Å². The monoisotopic (exact) mass is 818 g/mol. The van der Waals surface area contributed by atoms with Gasteiger partial charge in [0.15, 0.2) is 11.6 Å². The van der Waals surface area contributed by atoms with Crippen molar-refractivity contribution < 1.29 is 0 Å². The predicted octanol–water partition coefficient (Wildman–Crippen LogP) is 15.3. The van der Waals surface area contributed by atoms with Gasteiger partial charge in [-0.1, -0.05) is 220 Å². The molecule has 0 unspecified atom stereocenters. The quantitative estimate of drug-likeness (QED) is 0.161. The number of para-hydroxylation sites is 1. The Kier molecular flexibility index (Phi) is 8.80. The van der Waals surface area contributed by atoms with E-state index in [1.165, 1.54) is 66.4 Å². The normalized spacial score (nSPS) is 12.7. The molecule has 9 aromatic carbocycles. The van der Waals surface area contributed by atoms with Gasteiger partial charge in [-0.15, -0.1) is 0 Å². The van der Waals surface area contributed by atoms with Crippen molar-refractivity contribution in [1.82, 2.24) is 19.5 Å². The summed E-state index contributed by atoms with van der Waals surface area (Å²) < 4.78 is 2.28. The summed E-state index contributed by atoms with van der Waals surface area (Å²) in [7, 11) is 0. The van der Waals surface area contributed by atoms with Crippen LogP contribution in [0.15, 0.2) is 218 Å². The van der Waals surface area contributed by atoms with Crippen LogP contribution in [0.25, 0.3) is 106 Å². The van der Waals surface area contributed by atoms with Gasteiger partial charge in [-0.3, -0.25) is 4.57 Å². The van der Waals surface area contributed by atoms with E-state index < -0.39 is 0 Å². The van der Waals surface area contributed by atoms with E-state index in [1.54, 1.807) is 0 Å². The van der Waals surface area contributed by atoms with E-state index in [-0.39, 0.29) is 5.41 Å². The Balaban J connectivity index is 0.904. The van der Waals surface area contributed by atoms with Gasteiger partial charge in [0.25, 0.3) is 0 Å². The van der Waals surface area contributed by atoms with E-state index in [9.17, 15) is 0 Å². The van der Waals surface area contributed by atoms with Gasteiger partial charge in [-0.05, 0) is 78.9 Å². The molecule has 2 heterocycles. The fourth-order valence-electron chi connectivity index (χ4n) is 9.86. The van der Waals surface area contributed by atoms with Crippen LogP contribution in [0.2, 0.25) is 0 Å². The van der Waals surface area contributed by atoms with Gasteiger partial charge in [-0.25, -0.2) is 4.98 Å². The molecule has 4 heteroatoms. The van der Waals surface area contributed by atoms with Gasteiger partial charge in [0.1, 0.15) is 0 Å². The molecular weight excluding hydrogens is 777 g/mol. The highest BCUT2D eigenvalue weighted by Gasteiger charge is 2.38. The summed E-state index contributed by atoms with van der Waals surface area (Å²) in [5.41, 5.74) is 18.5. The molecule has 11 aromatic rings. The summed E-state index contributed by atoms with van der Waals surface area (Å²) in [5.74, 6) is 1.86. The lowest BCUT2D eigenvalue weighted by Crippen LogP contribution is -2.17. The molecule has 0 radical (unpaired) electrons. The molecule has 1 aliphatic carbocycles. The summed E-state index contributed by atoms with van der Waals surface area (Å²) >= 11 is 0. The second kappa shape index (κ2) is 15.0. The molecule has 302 valence electrons. The van der Waals surface area contributed by atoms with Gasteiger partial charge in [-0.2, -0.15) is 9.97 Å². The summed E-state index contributed by atoms with van der Waals surface area (Å²) in [4.78, 5) is 15.7. The van der Waals surface area contributed by atoms with Crippen LogP contribution in [0.5, 0.6) is 0 Å². The van der Waals surface area contributed by atoms with Crippen molar-refractivity contribution in [2.24, 2.45) is 0 Å². The topological polar surface area (TPSA) is 43.6 Å². The molecule has 12 rings (SSSR count). The van der Waals surface area contributed by atoms with Crippen LogP contribution in [0.4, 0.5) is 0 Å². The van der Waals surface area contributed by atoms with Crippen LogP contribution in [-0.4, -0.2) is 19.5 Å². The third-order valence-corrected chi connectivity index (χ3v) is 13.1. The van der Waals surface area contributed by atoms with Gasteiger partial charge in [0.2, 0.25) is 5.95 Å². The fraction of sp³-hybridized carbons (Fsp3) is 0.0500. The first kappa shape index (κ1) is 37.5. The van der Waals surface area contributed by atoms with Gasteiger partial charge in [0.05, 0.1) is 11.0 Å². The van der Waals surface area contributed by atoms with Crippen molar-refractivity contribution >= 4 is 21.8 Å². The van der Waals surface area contributed by atoms with Crippen LogP contribution in [0.1, 0.15) is 25.0 Å². The Morgan fingerprint density at radius 2 is 0.797 bits per heavy atom. The Labute approximate surface area is 372 Å². The highest BCUT2D eigenvalue weighted by Crippen LogP contribution is 2.52. The number of hydrogen-bond acceptors (Lipinski definition) is 3. The highest BCUT2D eigenvalue weighted by molar-refractivity contribution is 6.13. The van der Waals surface area contributed by atoms with Crippen molar-refractivity contribution in [3.8, 4) is 84.4 Å². The Morgan fingerprint density at radius 3 is 1.41 bits per heavy atom.